The van der Waals surface area contributed by atoms with Crippen LogP contribution in [0.3, 0.4) is 0 Å². The molecule has 3 aromatic rings. The van der Waals surface area contributed by atoms with Crippen LogP contribution in [0.15, 0.2) is 60.7 Å². The Hall–Kier alpha value is -3.12. The minimum absolute atomic E-state index is 0.0288. The van der Waals surface area contributed by atoms with Gasteiger partial charge in [-0.1, -0.05) is 24.3 Å². The number of hydrogen-bond donors (Lipinski definition) is 3. The fraction of sp³-hybridized carbons (Fsp3) is 0.217. The highest BCUT2D eigenvalue weighted by molar-refractivity contribution is 7.17. The molecule has 148 valence electrons. The van der Waals surface area contributed by atoms with Crippen LogP contribution in [0, 0.1) is 0 Å². The molecule has 1 aliphatic rings. The summed E-state index contributed by atoms with van der Waals surface area (Å²) in [5.41, 5.74) is 2.70. The quantitative estimate of drug-likeness (QED) is 0.555. The summed E-state index contributed by atoms with van der Waals surface area (Å²) in [7, 11) is 0. The van der Waals surface area contributed by atoms with Crippen molar-refractivity contribution in [2.75, 3.05) is 6.54 Å². The van der Waals surface area contributed by atoms with E-state index in [1.807, 2.05) is 48.5 Å². The first-order valence-corrected chi connectivity index (χ1v) is 10.5. The van der Waals surface area contributed by atoms with E-state index in [2.05, 4.69) is 10.6 Å². The Balaban J connectivity index is 1.32. The highest BCUT2D eigenvalue weighted by Gasteiger charge is 2.23. The fourth-order valence-corrected chi connectivity index (χ4v) is 3.90. The van der Waals surface area contributed by atoms with E-state index in [9.17, 15) is 14.7 Å². The van der Waals surface area contributed by atoms with Crippen LogP contribution in [0.1, 0.15) is 38.4 Å². The molecule has 1 heterocycles. The number of carbonyl (C=O) groups is 2. The summed E-state index contributed by atoms with van der Waals surface area (Å²) in [6, 6.07) is 18.6. The summed E-state index contributed by atoms with van der Waals surface area (Å²) in [5, 5.41) is 15.2. The molecule has 2 aromatic carbocycles. The molecule has 3 N–H and O–H groups in total. The second kappa shape index (κ2) is 8.49. The van der Waals surface area contributed by atoms with Crippen molar-refractivity contribution >= 4 is 23.2 Å². The Kier molecular flexibility index (Phi) is 5.62. The Bertz CT molecular complexity index is 1010. The van der Waals surface area contributed by atoms with E-state index < -0.39 is 0 Å². The van der Waals surface area contributed by atoms with Gasteiger partial charge in [0, 0.05) is 23.0 Å². The molecule has 0 saturated heterocycles. The van der Waals surface area contributed by atoms with Crippen molar-refractivity contribution in [2.45, 2.75) is 25.3 Å². The van der Waals surface area contributed by atoms with Gasteiger partial charge in [0.25, 0.3) is 11.8 Å². The molecular formula is C23H22N2O3S. The minimum atomic E-state index is -0.0968. The van der Waals surface area contributed by atoms with Gasteiger partial charge in [0.1, 0.15) is 5.75 Å². The highest BCUT2D eigenvalue weighted by Crippen LogP contribution is 2.28. The zero-order valence-corrected chi connectivity index (χ0v) is 16.7. The van der Waals surface area contributed by atoms with Gasteiger partial charge >= 0.3 is 0 Å². The molecule has 0 atom stereocenters. The van der Waals surface area contributed by atoms with Gasteiger partial charge in [-0.05, 0) is 66.8 Å². The van der Waals surface area contributed by atoms with Crippen LogP contribution in [-0.4, -0.2) is 29.5 Å². The van der Waals surface area contributed by atoms with Crippen molar-refractivity contribution in [1.29, 1.82) is 0 Å². The van der Waals surface area contributed by atoms with E-state index in [1.165, 1.54) is 11.3 Å². The van der Waals surface area contributed by atoms with E-state index in [1.54, 1.807) is 12.1 Å². The zero-order chi connectivity index (χ0) is 20.2. The van der Waals surface area contributed by atoms with Crippen molar-refractivity contribution in [3.8, 4) is 16.2 Å². The molecule has 5 nitrogen and oxygen atoms in total. The Morgan fingerprint density at radius 2 is 1.66 bits per heavy atom. The molecule has 29 heavy (non-hydrogen) atoms. The molecule has 0 bridgehead atoms. The molecule has 4 rings (SSSR count). The SMILES string of the molecule is O=C(NC1CC1)c1ccc(-c2ccc(C(=O)NCCc3ccc(O)cc3)s2)cc1. The second-order valence-corrected chi connectivity index (χ2v) is 8.25. The highest BCUT2D eigenvalue weighted by atomic mass is 32.1. The molecule has 1 aromatic heterocycles. The number of carbonyl (C=O) groups excluding carboxylic acids is 2. The monoisotopic (exact) mass is 406 g/mol. The van der Waals surface area contributed by atoms with Crippen LogP contribution in [-0.2, 0) is 6.42 Å². The third-order valence-electron chi connectivity index (χ3n) is 4.81. The first-order chi connectivity index (χ1) is 14.1. The predicted molar refractivity (Wildman–Crippen MR) is 114 cm³/mol. The zero-order valence-electron chi connectivity index (χ0n) is 15.9. The molecule has 6 heteroatoms. The number of benzene rings is 2. The van der Waals surface area contributed by atoms with E-state index >= 15 is 0 Å². The normalized spacial score (nSPS) is 13.1. The van der Waals surface area contributed by atoms with Crippen molar-refractivity contribution in [3.05, 3.63) is 76.7 Å². The lowest BCUT2D eigenvalue weighted by Crippen LogP contribution is -2.25. The van der Waals surface area contributed by atoms with E-state index in [-0.39, 0.29) is 17.6 Å². The van der Waals surface area contributed by atoms with Gasteiger partial charge in [-0.3, -0.25) is 9.59 Å². The van der Waals surface area contributed by atoms with Gasteiger partial charge in [0.05, 0.1) is 4.88 Å². The second-order valence-electron chi connectivity index (χ2n) is 7.16. The van der Waals surface area contributed by atoms with Gasteiger partial charge in [0.2, 0.25) is 0 Å². The van der Waals surface area contributed by atoms with Crippen LogP contribution in [0.2, 0.25) is 0 Å². The summed E-state index contributed by atoms with van der Waals surface area (Å²) >= 11 is 1.43. The van der Waals surface area contributed by atoms with E-state index in [4.69, 9.17) is 0 Å². The first kappa shape index (κ1) is 19.2. The lowest BCUT2D eigenvalue weighted by molar-refractivity contribution is 0.0945. The van der Waals surface area contributed by atoms with Gasteiger partial charge in [-0.25, -0.2) is 0 Å². The first-order valence-electron chi connectivity index (χ1n) is 9.66. The molecule has 0 radical (unpaired) electrons. The van der Waals surface area contributed by atoms with Gasteiger partial charge in [-0.15, -0.1) is 11.3 Å². The number of hydrogen-bond acceptors (Lipinski definition) is 4. The maximum atomic E-state index is 12.4. The van der Waals surface area contributed by atoms with Crippen LogP contribution in [0.5, 0.6) is 5.75 Å². The smallest absolute Gasteiger partial charge is 0.261 e. The maximum Gasteiger partial charge on any atom is 0.261 e. The molecule has 0 aliphatic heterocycles. The van der Waals surface area contributed by atoms with Crippen LogP contribution in [0.25, 0.3) is 10.4 Å². The van der Waals surface area contributed by atoms with Crippen molar-refractivity contribution in [1.82, 2.24) is 10.6 Å². The van der Waals surface area contributed by atoms with Crippen LogP contribution < -0.4 is 10.6 Å². The maximum absolute atomic E-state index is 12.4. The van der Waals surface area contributed by atoms with Crippen molar-refractivity contribution < 1.29 is 14.7 Å². The van der Waals surface area contributed by atoms with Crippen molar-refractivity contribution in [2.24, 2.45) is 0 Å². The number of amides is 2. The molecular weight excluding hydrogens is 384 g/mol. The molecule has 2 amide bonds. The Labute approximate surface area is 173 Å². The average molecular weight is 407 g/mol. The topological polar surface area (TPSA) is 78.4 Å². The van der Waals surface area contributed by atoms with E-state index in [0.29, 0.717) is 29.4 Å². The molecule has 1 aliphatic carbocycles. The molecule has 0 unspecified atom stereocenters. The third kappa shape index (κ3) is 5.03. The lowest BCUT2D eigenvalue weighted by Gasteiger charge is -2.05. The minimum Gasteiger partial charge on any atom is -0.508 e. The number of aromatic hydroxyl groups is 1. The fourth-order valence-electron chi connectivity index (χ4n) is 2.97. The molecule has 1 saturated carbocycles. The molecule has 0 spiro atoms. The summed E-state index contributed by atoms with van der Waals surface area (Å²) in [5.74, 6) is 0.111. The summed E-state index contributed by atoms with van der Waals surface area (Å²) < 4.78 is 0. The molecule has 1 fully saturated rings. The number of thiophene rings is 1. The lowest BCUT2D eigenvalue weighted by atomic mass is 10.1. The van der Waals surface area contributed by atoms with Gasteiger partial charge < -0.3 is 15.7 Å². The van der Waals surface area contributed by atoms with E-state index in [0.717, 1.165) is 28.8 Å². The standard InChI is InChI=1S/C23H22N2O3S/c26-19-9-1-15(2-10-19)13-14-24-23(28)21-12-11-20(29-21)16-3-5-17(6-4-16)22(27)25-18-7-8-18/h1-6,9-12,18,26H,7-8,13-14H2,(H,24,28)(H,25,27). The number of phenols is 1. The van der Waals surface area contributed by atoms with Crippen LogP contribution >= 0.6 is 11.3 Å². The summed E-state index contributed by atoms with van der Waals surface area (Å²) in [4.78, 5) is 26.1. The number of nitrogens with one attached hydrogen (secondary N) is 2. The number of phenolic OH excluding ortho intramolecular Hbond substituents is 1. The van der Waals surface area contributed by atoms with Gasteiger partial charge in [0.15, 0.2) is 0 Å². The predicted octanol–water partition coefficient (Wildman–Crippen LogP) is 3.99. The largest absolute Gasteiger partial charge is 0.508 e. The summed E-state index contributed by atoms with van der Waals surface area (Å²) in [6.45, 7) is 0.529. The van der Waals surface area contributed by atoms with Crippen LogP contribution in [0.4, 0.5) is 0 Å². The average Bonchev–Trinajstić information content (AvgIpc) is 3.40. The third-order valence-corrected chi connectivity index (χ3v) is 5.94. The van der Waals surface area contributed by atoms with Gasteiger partial charge in [-0.2, -0.15) is 0 Å². The summed E-state index contributed by atoms with van der Waals surface area (Å²) in [6.07, 6.45) is 2.84. The van der Waals surface area contributed by atoms with Crippen molar-refractivity contribution in [3.63, 3.8) is 0 Å². The number of rotatable bonds is 7. The Morgan fingerprint density at radius 1 is 0.931 bits per heavy atom. The Morgan fingerprint density at radius 3 is 2.34 bits per heavy atom.